The second kappa shape index (κ2) is 12.6. The van der Waals surface area contributed by atoms with E-state index in [-0.39, 0.29) is 46.8 Å². The monoisotopic (exact) mass is 642 g/mol. The predicted octanol–water partition coefficient (Wildman–Crippen LogP) is 5.27. The molecule has 1 aromatic heterocycles. The largest absolute Gasteiger partial charge is 0.601 e. The van der Waals surface area contributed by atoms with Gasteiger partial charge in [0.25, 0.3) is 0 Å². The van der Waals surface area contributed by atoms with Crippen molar-refractivity contribution in [3.8, 4) is 17.6 Å². The Kier molecular flexibility index (Phi) is 8.93. The summed E-state index contributed by atoms with van der Waals surface area (Å²) in [5.74, 6) is -2.12. The van der Waals surface area contributed by atoms with Gasteiger partial charge in [0.05, 0.1) is 44.3 Å². The van der Waals surface area contributed by atoms with E-state index >= 15 is 0 Å². The number of halogens is 2. The highest BCUT2D eigenvalue weighted by Crippen LogP contribution is 2.38. The van der Waals surface area contributed by atoms with Crippen LogP contribution in [0, 0.1) is 23.1 Å². The lowest BCUT2D eigenvalue weighted by Crippen LogP contribution is -2.26. The van der Waals surface area contributed by atoms with Gasteiger partial charge in [0.2, 0.25) is 5.91 Å². The quantitative estimate of drug-likeness (QED) is 0.184. The summed E-state index contributed by atoms with van der Waals surface area (Å²) in [7, 11) is -5.98. The van der Waals surface area contributed by atoms with Gasteiger partial charge in [-0.1, -0.05) is 23.7 Å². The Bertz CT molecular complexity index is 1870. The number of nitrogens with one attached hydrogen (secondary N) is 2. The first-order valence-electron chi connectivity index (χ1n) is 12.9. The zero-order chi connectivity index (χ0) is 30.7. The molecular weight excluding hydrogens is 619 g/mol. The van der Waals surface area contributed by atoms with Crippen LogP contribution in [0.2, 0.25) is 5.02 Å². The predicted molar refractivity (Wildman–Crippen MR) is 162 cm³/mol. The fraction of sp³-hybridized carbons (Fsp3) is 0.207. The van der Waals surface area contributed by atoms with E-state index in [2.05, 4.69) is 21.7 Å². The molecule has 1 fully saturated rings. The maximum absolute atomic E-state index is 13.5. The Balaban J connectivity index is 1.44. The third kappa shape index (κ3) is 6.78. The minimum atomic E-state index is -3.85. The number of amides is 1. The summed E-state index contributed by atoms with van der Waals surface area (Å²) in [6, 6.07) is 16.2. The molecule has 3 aromatic carbocycles. The molecule has 1 aliphatic heterocycles. The molecule has 2 N–H and O–H groups in total. The number of aromatic nitrogens is 1. The molecule has 14 heteroatoms. The first kappa shape index (κ1) is 30.4. The number of nitrogens with zero attached hydrogens (tertiary/aromatic N) is 2. The van der Waals surface area contributed by atoms with Crippen molar-refractivity contribution < 1.29 is 31.6 Å². The smallest absolute Gasteiger partial charge is 0.314 e. The number of carbonyl (C=O) groups is 1. The van der Waals surface area contributed by atoms with Crippen LogP contribution >= 0.6 is 11.6 Å². The number of fused-ring (bicyclic) bond motifs is 1. The molecule has 43 heavy (non-hydrogen) atoms. The van der Waals surface area contributed by atoms with Crippen LogP contribution in [0.15, 0.2) is 60.8 Å². The minimum Gasteiger partial charge on any atom is -0.601 e. The molecule has 1 saturated heterocycles. The number of hydrogen-bond acceptors (Lipinski definition) is 9. The van der Waals surface area contributed by atoms with Crippen LogP contribution < -0.4 is 20.1 Å². The first-order chi connectivity index (χ1) is 20.6. The van der Waals surface area contributed by atoms with Crippen molar-refractivity contribution in [2.24, 2.45) is 5.92 Å². The van der Waals surface area contributed by atoms with E-state index in [0.717, 1.165) is 0 Å². The van der Waals surface area contributed by atoms with Crippen molar-refractivity contribution in [3.63, 3.8) is 0 Å². The van der Waals surface area contributed by atoms with E-state index in [1.807, 2.05) is 0 Å². The number of hydrogen-bond donors (Lipinski definition) is 2. The molecule has 0 aliphatic carbocycles. The van der Waals surface area contributed by atoms with Crippen LogP contribution in [0.5, 0.6) is 11.5 Å². The summed E-state index contributed by atoms with van der Waals surface area (Å²) in [5, 5.41) is 16.5. The third-order valence-corrected chi connectivity index (χ3v) is 11.4. The molecule has 0 radical (unpaired) electrons. The number of ether oxygens (including phenoxy) is 2. The summed E-state index contributed by atoms with van der Waals surface area (Å²) in [4.78, 5) is 17.3. The lowest BCUT2D eigenvalue weighted by Gasteiger charge is -2.17. The average molecular weight is 643 g/mol. The number of carbonyl (C=O) groups excluding carboxylic acids is 1. The Hall–Kier alpha value is -4.09. The minimum absolute atomic E-state index is 0.108. The highest BCUT2D eigenvalue weighted by Gasteiger charge is 2.45. The Morgan fingerprint density at radius 3 is 2.70 bits per heavy atom. The maximum atomic E-state index is 13.5. The zero-order valence-electron chi connectivity index (χ0n) is 22.6. The van der Waals surface area contributed by atoms with Gasteiger partial charge in [-0.15, -0.1) is 0 Å². The van der Waals surface area contributed by atoms with Crippen LogP contribution in [0.3, 0.4) is 0 Å². The van der Waals surface area contributed by atoms with E-state index in [0.29, 0.717) is 33.6 Å². The maximum Gasteiger partial charge on any atom is 0.314 e. The molecule has 1 aliphatic rings. The summed E-state index contributed by atoms with van der Waals surface area (Å²) in [5.41, 5.74) is 2.42. The second-order valence-corrected chi connectivity index (χ2v) is 15.0. The van der Waals surface area contributed by atoms with Crippen molar-refractivity contribution in [1.29, 1.82) is 5.26 Å². The Labute approximate surface area is 254 Å². The number of pyridine rings is 1. The van der Waals surface area contributed by atoms with Crippen LogP contribution in [0.4, 0.5) is 21.5 Å². The number of nitriles is 1. The highest BCUT2D eigenvalue weighted by molar-refractivity contribution is 8.67. The van der Waals surface area contributed by atoms with E-state index in [9.17, 15) is 27.4 Å². The van der Waals surface area contributed by atoms with Crippen molar-refractivity contribution in [2.75, 3.05) is 28.7 Å². The molecule has 2 atom stereocenters. The summed E-state index contributed by atoms with van der Waals surface area (Å²) in [6.45, 7) is 2.14. The normalized spacial score (nSPS) is 17.3. The van der Waals surface area contributed by atoms with E-state index in [1.165, 1.54) is 18.3 Å². The summed E-state index contributed by atoms with van der Waals surface area (Å²) < 4.78 is 60.7. The second-order valence-electron chi connectivity index (χ2n) is 9.53. The van der Waals surface area contributed by atoms with Gasteiger partial charge in [0, 0.05) is 23.3 Å². The van der Waals surface area contributed by atoms with E-state index in [1.54, 1.807) is 49.4 Å². The SMILES string of the molecule is CCOc1cc2ncc(C#N)c(Nc3ccc(OCc4cccc(F)c4)c(Cl)c3)c2cc1NC(=O)C1C[S+]([O-])S(=O)(=O)C1. The highest BCUT2D eigenvalue weighted by atomic mass is 35.5. The van der Waals surface area contributed by atoms with E-state index < -0.39 is 36.7 Å². The lowest BCUT2D eigenvalue weighted by molar-refractivity contribution is -0.118. The molecule has 4 aromatic rings. The molecule has 0 bridgehead atoms. The van der Waals surface area contributed by atoms with Crippen molar-refractivity contribution in [3.05, 3.63) is 82.8 Å². The van der Waals surface area contributed by atoms with Gasteiger partial charge in [-0.2, -0.15) is 13.7 Å². The molecule has 2 unspecified atom stereocenters. The molecular formula is C29H24ClFN4O6S2. The lowest BCUT2D eigenvalue weighted by atomic mass is 10.1. The van der Waals surface area contributed by atoms with Crippen molar-refractivity contribution >= 4 is 64.6 Å². The van der Waals surface area contributed by atoms with Crippen LogP contribution in [0.1, 0.15) is 18.1 Å². The van der Waals surface area contributed by atoms with Gasteiger partial charge in [0.15, 0.2) is 0 Å². The van der Waals surface area contributed by atoms with Gasteiger partial charge >= 0.3 is 8.87 Å². The summed E-state index contributed by atoms with van der Waals surface area (Å²) >= 11 is 6.47. The molecule has 222 valence electrons. The topological polar surface area (TPSA) is 153 Å². The molecule has 2 heterocycles. The van der Waals surface area contributed by atoms with Crippen LogP contribution in [0.25, 0.3) is 10.9 Å². The Morgan fingerprint density at radius 2 is 2.02 bits per heavy atom. The molecule has 10 nitrogen and oxygen atoms in total. The van der Waals surface area contributed by atoms with Crippen LogP contribution in [-0.2, 0) is 30.5 Å². The number of anilines is 3. The fourth-order valence-corrected chi connectivity index (χ4v) is 8.63. The Morgan fingerprint density at radius 1 is 1.21 bits per heavy atom. The van der Waals surface area contributed by atoms with Gasteiger partial charge in [-0.05, 0) is 48.9 Å². The third-order valence-electron chi connectivity index (χ3n) is 6.53. The molecule has 0 saturated carbocycles. The average Bonchev–Trinajstić information content (AvgIpc) is 3.25. The van der Waals surface area contributed by atoms with Crippen molar-refractivity contribution in [1.82, 2.24) is 4.98 Å². The van der Waals surface area contributed by atoms with Crippen molar-refractivity contribution in [2.45, 2.75) is 13.5 Å². The van der Waals surface area contributed by atoms with E-state index in [4.69, 9.17) is 21.1 Å². The molecule has 1 amide bonds. The first-order valence-corrected chi connectivity index (χ1v) is 16.8. The zero-order valence-corrected chi connectivity index (χ0v) is 25.0. The van der Waals surface area contributed by atoms with Gasteiger partial charge in [-0.3, -0.25) is 9.78 Å². The van der Waals surface area contributed by atoms with Gasteiger partial charge in [0.1, 0.15) is 47.4 Å². The fourth-order valence-electron chi connectivity index (χ4n) is 4.46. The molecule has 5 rings (SSSR count). The number of rotatable bonds is 9. The van der Waals surface area contributed by atoms with Crippen LogP contribution in [-0.4, -0.2) is 42.0 Å². The van der Waals surface area contributed by atoms with Gasteiger partial charge < -0.3 is 24.7 Å². The van der Waals surface area contributed by atoms with Gasteiger partial charge in [-0.25, -0.2) is 4.39 Å². The standard InChI is InChI=1S/C29H24ClFN4O6S2/c1-2-40-27-11-24-22(10-25(27)35-29(36)19-15-42(37)43(38,39)16-19)28(18(12-32)13-33-24)34-21-6-7-26(23(30)9-21)41-14-17-4-3-5-20(31)8-17/h3-11,13,19H,2,14-16H2,1H3,(H,33,34)(H,35,36). The number of benzene rings is 3. The molecule has 0 spiro atoms. The summed E-state index contributed by atoms with van der Waals surface area (Å²) in [6.07, 6.45) is 1.40.